The van der Waals surface area contributed by atoms with Crippen LogP contribution in [0, 0.1) is 5.92 Å². The number of fused-ring (bicyclic) bond motifs is 1. The second kappa shape index (κ2) is 6.35. The molecule has 1 amide bonds. The van der Waals surface area contributed by atoms with E-state index in [0.717, 1.165) is 29.3 Å². The van der Waals surface area contributed by atoms with Gasteiger partial charge in [-0.2, -0.15) is 0 Å². The molecule has 0 saturated heterocycles. The standard InChI is InChI=1S/C18H18N6O/c1-2-18(25)22-13-5-6-14-15(7-13)24(11-21-14)17-10-19-9-16(23-17)20-8-12-3-4-12/h2,5-7,9-12H,1,3-4,8H2,(H,20,23)(H,22,25). The van der Waals surface area contributed by atoms with E-state index < -0.39 is 0 Å². The molecule has 2 aromatic heterocycles. The number of rotatable bonds is 6. The highest BCUT2D eigenvalue weighted by atomic mass is 16.1. The van der Waals surface area contributed by atoms with Gasteiger partial charge in [0.2, 0.25) is 5.91 Å². The first-order chi connectivity index (χ1) is 12.2. The third kappa shape index (κ3) is 3.35. The van der Waals surface area contributed by atoms with Crippen LogP contribution in [0.2, 0.25) is 0 Å². The van der Waals surface area contributed by atoms with E-state index in [1.165, 1.54) is 18.9 Å². The number of amides is 1. The normalized spacial score (nSPS) is 13.6. The lowest BCUT2D eigenvalue weighted by Crippen LogP contribution is -2.08. The van der Waals surface area contributed by atoms with Gasteiger partial charge in [0.05, 0.1) is 23.4 Å². The maximum Gasteiger partial charge on any atom is 0.247 e. The monoisotopic (exact) mass is 334 g/mol. The van der Waals surface area contributed by atoms with Crippen molar-refractivity contribution in [1.29, 1.82) is 0 Å². The molecule has 1 aromatic carbocycles. The zero-order valence-electron chi connectivity index (χ0n) is 13.6. The van der Waals surface area contributed by atoms with Gasteiger partial charge < -0.3 is 10.6 Å². The minimum Gasteiger partial charge on any atom is -0.368 e. The van der Waals surface area contributed by atoms with E-state index in [9.17, 15) is 4.79 Å². The van der Waals surface area contributed by atoms with E-state index in [1.54, 1.807) is 24.8 Å². The third-order valence-corrected chi connectivity index (χ3v) is 4.14. The molecule has 1 fully saturated rings. The highest BCUT2D eigenvalue weighted by Gasteiger charge is 2.20. The van der Waals surface area contributed by atoms with Crippen LogP contribution in [0.3, 0.4) is 0 Å². The summed E-state index contributed by atoms with van der Waals surface area (Å²) < 4.78 is 1.86. The van der Waals surface area contributed by atoms with E-state index in [0.29, 0.717) is 11.5 Å². The molecular weight excluding hydrogens is 316 g/mol. The third-order valence-electron chi connectivity index (χ3n) is 4.14. The molecule has 0 atom stereocenters. The number of imidazole rings is 1. The lowest BCUT2D eigenvalue weighted by molar-refractivity contribution is -0.111. The zero-order chi connectivity index (χ0) is 17.2. The number of hydrogen-bond donors (Lipinski definition) is 2. The Morgan fingerprint density at radius 2 is 2.24 bits per heavy atom. The molecular formula is C18H18N6O. The van der Waals surface area contributed by atoms with Crippen molar-refractivity contribution in [3.8, 4) is 5.82 Å². The van der Waals surface area contributed by atoms with E-state index >= 15 is 0 Å². The van der Waals surface area contributed by atoms with Gasteiger partial charge in [-0.05, 0) is 43.0 Å². The van der Waals surface area contributed by atoms with Crippen LogP contribution < -0.4 is 10.6 Å². The summed E-state index contributed by atoms with van der Waals surface area (Å²) in [7, 11) is 0. The molecule has 126 valence electrons. The molecule has 7 heteroatoms. The van der Waals surface area contributed by atoms with Crippen LogP contribution in [0.1, 0.15) is 12.8 Å². The topological polar surface area (TPSA) is 84.7 Å². The number of carbonyl (C=O) groups is 1. The summed E-state index contributed by atoms with van der Waals surface area (Å²) in [5.74, 6) is 1.94. The van der Waals surface area contributed by atoms with Gasteiger partial charge in [0.15, 0.2) is 5.82 Å². The fourth-order valence-electron chi connectivity index (χ4n) is 2.59. The van der Waals surface area contributed by atoms with Crippen LogP contribution in [-0.2, 0) is 4.79 Å². The quantitative estimate of drug-likeness (QED) is 0.677. The van der Waals surface area contributed by atoms with Gasteiger partial charge in [-0.15, -0.1) is 0 Å². The molecule has 0 unspecified atom stereocenters. The zero-order valence-corrected chi connectivity index (χ0v) is 13.6. The van der Waals surface area contributed by atoms with Crippen LogP contribution in [0.4, 0.5) is 11.5 Å². The fraction of sp³-hybridized carbons (Fsp3) is 0.222. The van der Waals surface area contributed by atoms with Gasteiger partial charge >= 0.3 is 0 Å². The lowest BCUT2D eigenvalue weighted by atomic mass is 10.2. The Kier molecular flexibility index (Phi) is 3.89. The second-order valence-corrected chi connectivity index (χ2v) is 6.10. The van der Waals surface area contributed by atoms with Crippen LogP contribution >= 0.6 is 0 Å². The van der Waals surface area contributed by atoms with Gasteiger partial charge in [-0.25, -0.2) is 9.97 Å². The van der Waals surface area contributed by atoms with Crippen molar-refractivity contribution in [3.05, 3.63) is 49.6 Å². The first kappa shape index (κ1) is 15.3. The second-order valence-electron chi connectivity index (χ2n) is 6.10. The van der Waals surface area contributed by atoms with Gasteiger partial charge in [0.1, 0.15) is 12.1 Å². The Bertz CT molecular complexity index is 944. The predicted octanol–water partition coefficient (Wildman–Crippen LogP) is 2.76. The molecule has 1 aliphatic rings. The largest absolute Gasteiger partial charge is 0.368 e. The summed E-state index contributed by atoms with van der Waals surface area (Å²) in [5, 5.41) is 6.08. The molecule has 0 bridgehead atoms. The lowest BCUT2D eigenvalue weighted by Gasteiger charge is -2.08. The summed E-state index contributed by atoms with van der Waals surface area (Å²) in [6.07, 6.45) is 8.93. The maximum absolute atomic E-state index is 11.5. The van der Waals surface area contributed by atoms with Gasteiger partial charge in [-0.1, -0.05) is 6.58 Å². The average Bonchev–Trinajstić information content (AvgIpc) is 3.38. The SMILES string of the molecule is C=CC(=O)Nc1ccc2ncn(-c3cncc(NCC4CC4)n3)c2c1. The first-order valence-corrected chi connectivity index (χ1v) is 8.20. The van der Waals surface area contributed by atoms with Crippen molar-refractivity contribution in [3.63, 3.8) is 0 Å². The molecule has 0 aliphatic heterocycles. The van der Waals surface area contributed by atoms with Crippen molar-refractivity contribution < 1.29 is 4.79 Å². The summed E-state index contributed by atoms with van der Waals surface area (Å²) in [6, 6.07) is 5.52. The van der Waals surface area contributed by atoms with Crippen molar-refractivity contribution >= 4 is 28.4 Å². The fourth-order valence-corrected chi connectivity index (χ4v) is 2.59. The van der Waals surface area contributed by atoms with Gasteiger partial charge in [0, 0.05) is 12.2 Å². The number of hydrogen-bond acceptors (Lipinski definition) is 5. The number of benzene rings is 1. The van der Waals surface area contributed by atoms with Crippen LogP contribution in [0.15, 0.2) is 49.6 Å². The summed E-state index contributed by atoms with van der Waals surface area (Å²) >= 11 is 0. The molecule has 0 radical (unpaired) electrons. The van der Waals surface area contributed by atoms with E-state index in [4.69, 9.17) is 0 Å². The molecule has 3 aromatic rings. The molecule has 2 N–H and O–H groups in total. The van der Waals surface area contributed by atoms with Gasteiger partial charge in [0.25, 0.3) is 0 Å². The Hall–Kier alpha value is -3.22. The Morgan fingerprint density at radius 1 is 1.36 bits per heavy atom. The number of nitrogens with zero attached hydrogens (tertiary/aromatic N) is 4. The Balaban J connectivity index is 1.65. The Morgan fingerprint density at radius 3 is 3.04 bits per heavy atom. The van der Waals surface area contributed by atoms with Crippen molar-refractivity contribution in [1.82, 2.24) is 19.5 Å². The number of anilines is 2. The molecule has 1 aliphatic carbocycles. The molecule has 0 spiro atoms. The van der Waals surface area contributed by atoms with Crippen LogP contribution in [-0.4, -0.2) is 32.0 Å². The van der Waals surface area contributed by atoms with Crippen molar-refractivity contribution in [2.75, 3.05) is 17.2 Å². The summed E-state index contributed by atoms with van der Waals surface area (Å²) in [6.45, 7) is 4.39. The van der Waals surface area contributed by atoms with E-state index in [2.05, 4.69) is 32.2 Å². The van der Waals surface area contributed by atoms with Crippen molar-refractivity contribution in [2.24, 2.45) is 5.92 Å². The summed E-state index contributed by atoms with van der Waals surface area (Å²) in [4.78, 5) is 24.8. The molecule has 4 rings (SSSR count). The molecule has 1 saturated carbocycles. The molecule has 7 nitrogen and oxygen atoms in total. The van der Waals surface area contributed by atoms with Crippen molar-refractivity contribution in [2.45, 2.75) is 12.8 Å². The van der Waals surface area contributed by atoms with E-state index in [-0.39, 0.29) is 5.91 Å². The maximum atomic E-state index is 11.5. The van der Waals surface area contributed by atoms with Gasteiger partial charge in [-0.3, -0.25) is 14.3 Å². The minimum absolute atomic E-state index is 0.253. The number of nitrogens with one attached hydrogen (secondary N) is 2. The molecule has 2 heterocycles. The predicted molar refractivity (Wildman–Crippen MR) is 96.7 cm³/mol. The van der Waals surface area contributed by atoms with Crippen LogP contribution in [0.25, 0.3) is 16.9 Å². The Labute approximate surface area is 144 Å². The summed E-state index contributed by atoms with van der Waals surface area (Å²) in [5.41, 5.74) is 2.33. The molecule has 25 heavy (non-hydrogen) atoms. The van der Waals surface area contributed by atoms with Crippen LogP contribution in [0.5, 0.6) is 0 Å². The highest BCUT2D eigenvalue weighted by molar-refractivity contribution is 6.00. The number of carbonyl (C=O) groups excluding carboxylic acids is 1. The number of aromatic nitrogens is 4. The highest BCUT2D eigenvalue weighted by Crippen LogP contribution is 2.28. The average molecular weight is 334 g/mol. The minimum atomic E-state index is -0.253. The smallest absolute Gasteiger partial charge is 0.247 e. The van der Waals surface area contributed by atoms with E-state index in [1.807, 2.05) is 16.7 Å². The first-order valence-electron chi connectivity index (χ1n) is 8.20.